The molecule has 1 aliphatic carbocycles. The lowest BCUT2D eigenvalue weighted by molar-refractivity contribution is -0.155. The van der Waals surface area contributed by atoms with Gasteiger partial charge in [0.1, 0.15) is 6.04 Å². The van der Waals surface area contributed by atoms with Gasteiger partial charge in [0, 0.05) is 36.9 Å². The smallest absolute Gasteiger partial charge is 0.310 e. The molecule has 2 amide bonds. The molecular formula is C27H39N3O5. The van der Waals surface area contributed by atoms with E-state index in [1.54, 1.807) is 6.92 Å². The summed E-state index contributed by atoms with van der Waals surface area (Å²) in [7, 11) is 0. The Balaban J connectivity index is 1.89. The average Bonchev–Trinajstić information content (AvgIpc) is 3.13. The molecule has 8 nitrogen and oxygen atoms in total. The first-order valence-electron chi connectivity index (χ1n) is 12.8. The molecule has 0 saturated carbocycles. The number of hydrogen-bond donors (Lipinski definition) is 2. The summed E-state index contributed by atoms with van der Waals surface area (Å²) in [5, 5.41) is 12.6. The lowest BCUT2D eigenvalue weighted by atomic mass is 9.69. The largest absolute Gasteiger partial charge is 0.466 e. The molecule has 35 heavy (non-hydrogen) atoms. The molecule has 2 aliphatic rings. The van der Waals surface area contributed by atoms with Crippen LogP contribution in [-0.2, 0) is 19.1 Å². The second-order valence-electron chi connectivity index (χ2n) is 9.13. The van der Waals surface area contributed by atoms with E-state index < -0.39 is 29.8 Å². The molecule has 1 saturated heterocycles. The molecule has 1 heterocycles. The highest BCUT2D eigenvalue weighted by atomic mass is 16.5. The number of likely N-dealkylation sites (tertiary alicyclic amines) is 1. The third kappa shape index (κ3) is 5.53. The molecule has 0 unspecified atom stereocenters. The number of β-amino-alcohol motifs (C(OH)–C–C–N with tert-alkyl or cyclic N) is 1. The monoisotopic (exact) mass is 485 g/mol. The SMILES string of the molecule is CCC[C@@H]1C=C[C@H]2[C@@H](C(=O)N(CCO)[C@@H]2C(=O)Nc2ccc(N(CC)CC)cc2)[C@@H]1C(=O)OCC. The Morgan fingerprint density at radius 1 is 1.09 bits per heavy atom. The highest BCUT2D eigenvalue weighted by molar-refractivity contribution is 6.01. The number of allylic oxidation sites excluding steroid dienone is 1. The Labute approximate surface area is 208 Å². The van der Waals surface area contributed by atoms with Crippen molar-refractivity contribution in [3.8, 4) is 0 Å². The molecule has 2 N–H and O–H groups in total. The predicted molar refractivity (Wildman–Crippen MR) is 136 cm³/mol. The molecule has 1 aromatic rings. The van der Waals surface area contributed by atoms with E-state index in [0.29, 0.717) is 5.69 Å². The summed E-state index contributed by atoms with van der Waals surface area (Å²) in [5.74, 6) is -2.88. The zero-order chi connectivity index (χ0) is 25.5. The standard InChI is InChI=1S/C27H39N3O5/c1-5-9-18-10-15-21-23(22(18)27(34)35-8-4)26(33)30(16-17-31)24(21)25(32)28-19-11-13-20(14-12-19)29(6-2)7-3/h10-15,18,21-24,31H,5-9,16-17H2,1-4H3,(H,28,32)/t18-,21+,22-,23-,24+/m1/s1. The molecule has 0 aromatic heterocycles. The van der Waals surface area contributed by atoms with Gasteiger partial charge >= 0.3 is 5.97 Å². The van der Waals surface area contributed by atoms with E-state index in [4.69, 9.17) is 4.74 Å². The van der Waals surface area contributed by atoms with E-state index in [-0.39, 0.29) is 37.5 Å². The van der Waals surface area contributed by atoms with Crippen LogP contribution < -0.4 is 10.2 Å². The molecule has 0 radical (unpaired) electrons. The summed E-state index contributed by atoms with van der Waals surface area (Å²) in [6, 6.07) is 6.82. The van der Waals surface area contributed by atoms with E-state index in [0.717, 1.165) is 31.6 Å². The highest BCUT2D eigenvalue weighted by Gasteiger charge is 2.57. The quantitative estimate of drug-likeness (QED) is 0.369. The van der Waals surface area contributed by atoms with Crippen LogP contribution in [0, 0.1) is 23.7 Å². The van der Waals surface area contributed by atoms with Gasteiger partial charge in [-0.05, 0) is 57.4 Å². The molecule has 0 spiro atoms. The van der Waals surface area contributed by atoms with Crippen LogP contribution in [0.5, 0.6) is 0 Å². The number of nitrogens with zero attached hydrogens (tertiary/aromatic N) is 2. The van der Waals surface area contributed by atoms with E-state index in [9.17, 15) is 19.5 Å². The van der Waals surface area contributed by atoms with Gasteiger partial charge in [-0.15, -0.1) is 0 Å². The lowest BCUT2D eigenvalue weighted by Crippen LogP contribution is -2.45. The van der Waals surface area contributed by atoms with E-state index in [1.807, 2.05) is 43.3 Å². The second-order valence-corrected chi connectivity index (χ2v) is 9.13. The number of carbonyl (C=O) groups is 3. The number of fused-ring (bicyclic) bond motifs is 1. The first kappa shape index (κ1) is 26.7. The fourth-order valence-electron chi connectivity index (χ4n) is 5.58. The second kappa shape index (κ2) is 12.2. The summed E-state index contributed by atoms with van der Waals surface area (Å²) >= 11 is 0. The van der Waals surface area contributed by atoms with E-state index in [1.165, 1.54) is 4.90 Å². The number of aliphatic hydroxyl groups is 1. The van der Waals surface area contributed by atoms with Crippen molar-refractivity contribution < 1.29 is 24.2 Å². The molecule has 1 fully saturated rings. The lowest BCUT2D eigenvalue weighted by Gasteiger charge is -2.33. The number of esters is 1. The number of aliphatic hydroxyl groups excluding tert-OH is 1. The third-order valence-corrected chi connectivity index (χ3v) is 7.17. The van der Waals surface area contributed by atoms with Crippen LogP contribution in [0.3, 0.4) is 0 Å². The van der Waals surface area contributed by atoms with Gasteiger partial charge in [0.05, 0.1) is 25.0 Å². The number of benzene rings is 1. The van der Waals surface area contributed by atoms with Crippen LogP contribution >= 0.6 is 0 Å². The van der Waals surface area contributed by atoms with Gasteiger partial charge in [-0.3, -0.25) is 14.4 Å². The minimum absolute atomic E-state index is 0.0344. The summed E-state index contributed by atoms with van der Waals surface area (Å²) < 4.78 is 5.35. The fourth-order valence-corrected chi connectivity index (χ4v) is 5.58. The zero-order valence-corrected chi connectivity index (χ0v) is 21.3. The maximum atomic E-state index is 13.5. The number of rotatable bonds is 11. The number of ether oxygens (including phenoxy) is 1. The molecular weight excluding hydrogens is 446 g/mol. The van der Waals surface area contributed by atoms with Gasteiger partial charge < -0.3 is 25.0 Å². The Morgan fingerprint density at radius 2 is 1.77 bits per heavy atom. The summed E-state index contributed by atoms with van der Waals surface area (Å²) in [5.41, 5.74) is 1.71. The Bertz CT molecular complexity index is 912. The molecule has 192 valence electrons. The van der Waals surface area contributed by atoms with Crippen molar-refractivity contribution in [1.29, 1.82) is 0 Å². The van der Waals surface area contributed by atoms with Crippen molar-refractivity contribution in [2.45, 2.75) is 46.6 Å². The number of amides is 2. The van der Waals surface area contributed by atoms with Crippen molar-refractivity contribution in [2.24, 2.45) is 23.7 Å². The van der Waals surface area contributed by atoms with Crippen molar-refractivity contribution in [3.63, 3.8) is 0 Å². The Morgan fingerprint density at radius 3 is 2.34 bits per heavy atom. The van der Waals surface area contributed by atoms with Crippen LogP contribution in [0.4, 0.5) is 11.4 Å². The Kier molecular flexibility index (Phi) is 9.32. The number of carbonyl (C=O) groups excluding carboxylic acids is 3. The molecule has 5 atom stereocenters. The number of nitrogens with one attached hydrogen (secondary N) is 1. The van der Waals surface area contributed by atoms with Gasteiger partial charge in [-0.2, -0.15) is 0 Å². The van der Waals surface area contributed by atoms with Crippen LogP contribution in [0.15, 0.2) is 36.4 Å². The first-order valence-corrected chi connectivity index (χ1v) is 12.8. The van der Waals surface area contributed by atoms with Crippen LogP contribution in [0.2, 0.25) is 0 Å². The topological polar surface area (TPSA) is 99.2 Å². The zero-order valence-electron chi connectivity index (χ0n) is 21.3. The average molecular weight is 486 g/mol. The predicted octanol–water partition coefficient (Wildman–Crippen LogP) is 3.07. The van der Waals surface area contributed by atoms with Gasteiger partial charge in [0.25, 0.3) is 0 Å². The maximum Gasteiger partial charge on any atom is 0.310 e. The normalized spacial score (nSPS) is 25.3. The minimum atomic E-state index is -0.808. The summed E-state index contributed by atoms with van der Waals surface area (Å²) in [6.07, 6.45) is 5.52. The highest BCUT2D eigenvalue weighted by Crippen LogP contribution is 2.45. The third-order valence-electron chi connectivity index (χ3n) is 7.17. The van der Waals surface area contributed by atoms with Crippen LogP contribution in [-0.4, -0.2) is 66.7 Å². The van der Waals surface area contributed by atoms with Crippen molar-refractivity contribution in [1.82, 2.24) is 4.90 Å². The molecule has 1 aromatic carbocycles. The summed E-state index contributed by atoms with van der Waals surface area (Å²) in [4.78, 5) is 43.6. The van der Waals surface area contributed by atoms with E-state index in [2.05, 4.69) is 24.1 Å². The van der Waals surface area contributed by atoms with Crippen molar-refractivity contribution in [2.75, 3.05) is 43.1 Å². The minimum Gasteiger partial charge on any atom is -0.466 e. The van der Waals surface area contributed by atoms with Gasteiger partial charge in [0.2, 0.25) is 11.8 Å². The maximum absolute atomic E-state index is 13.5. The molecule has 1 aliphatic heterocycles. The fraction of sp³-hybridized carbons (Fsp3) is 0.593. The van der Waals surface area contributed by atoms with Crippen LogP contribution in [0.25, 0.3) is 0 Å². The van der Waals surface area contributed by atoms with Crippen LogP contribution in [0.1, 0.15) is 40.5 Å². The van der Waals surface area contributed by atoms with Crippen molar-refractivity contribution in [3.05, 3.63) is 36.4 Å². The first-order chi connectivity index (χ1) is 16.9. The Hall–Kier alpha value is -2.87. The van der Waals surface area contributed by atoms with E-state index >= 15 is 0 Å². The van der Waals surface area contributed by atoms with Gasteiger partial charge in [-0.25, -0.2) is 0 Å². The number of hydrogen-bond acceptors (Lipinski definition) is 6. The molecule has 0 bridgehead atoms. The molecule has 3 rings (SSSR count). The van der Waals surface area contributed by atoms with Crippen molar-refractivity contribution >= 4 is 29.2 Å². The van der Waals surface area contributed by atoms with Gasteiger partial charge in [-0.1, -0.05) is 25.5 Å². The number of anilines is 2. The summed E-state index contributed by atoms with van der Waals surface area (Å²) in [6.45, 7) is 9.75. The molecule has 8 heteroatoms. The van der Waals surface area contributed by atoms with Gasteiger partial charge in [0.15, 0.2) is 0 Å².